The Kier molecular flexibility index (Phi) is 6.19. The van der Waals surface area contributed by atoms with Crippen LogP contribution in [-0.4, -0.2) is 28.2 Å². The number of methoxy groups -OCH3 is 1. The second-order valence-electron chi connectivity index (χ2n) is 7.90. The monoisotopic (exact) mass is 505 g/mol. The molecule has 7 nitrogen and oxygen atoms in total. The predicted octanol–water partition coefficient (Wildman–Crippen LogP) is 5.49. The van der Waals surface area contributed by atoms with Gasteiger partial charge < -0.3 is 15.8 Å². The highest BCUT2D eigenvalue weighted by Gasteiger charge is 2.20. The molecule has 3 aromatic carbocycles. The van der Waals surface area contributed by atoms with Gasteiger partial charge in [0.2, 0.25) is 0 Å². The van der Waals surface area contributed by atoms with E-state index in [1.807, 2.05) is 30.3 Å². The van der Waals surface area contributed by atoms with Crippen molar-refractivity contribution in [2.24, 2.45) is 0 Å². The van der Waals surface area contributed by atoms with Crippen molar-refractivity contribution in [3.05, 3.63) is 92.7 Å². The van der Waals surface area contributed by atoms with Crippen LogP contribution < -0.4 is 21.3 Å². The highest BCUT2D eigenvalue weighted by molar-refractivity contribution is 6.42. The fraction of sp³-hybridized carbons (Fsp3) is 0.115. The van der Waals surface area contributed by atoms with Crippen LogP contribution in [0.4, 0.5) is 11.5 Å². The van der Waals surface area contributed by atoms with Gasteiger partial charge in [-0.05, 0) is 48.4 Å². The summed E-state index contributed by atoms with van der Waals surface area (Å²) in [5, 5.41) is 4.58. The van der Waals surface area contributed by atoms with Crippen LogP contribution in [0.1, 0.15) is 5.56 Å². The second kappa shape index (κ2) is 9.44. The van der Waals surface area contributed by atoms with E-state index in [1.54, 1.807) is 48.1 Å². The van der Waals surface area contributed by atoms with Gasteiger partial charge in [0.25, 0.3) is 5.56 Å². The van der Waals surface area contributed by atoms with E-state index in [1.165, 1.54) is 0 Å². The van der Waals surface area contributed by atoms with Gasteiger partial charge in [0.15, 0.2) is 5.65 Å². The van der Waals surface area contributed by atoms with E-state index < -0.39 is 0 Å². The summed E-state index contributed by atoms with van der Waals surface area (Å²) >= 11 is 12.4. The number of benzene rings is 3. The molecule has 0 radical (unpaired) electrons. The molecule has 2 aromatic heterocycles. The number of ether oxygens (including phenoxy) is 1. The molecule has 0 fully saturated rings. The molecule has 176 valence electrons. The zero-order valence-corrected chi connectivity index (χ0v) is 20.3. The minimum Gasteiger partial charge on any atom is -0.496 e. The van der Waals surface area contributed by atoms with Crippen molar-refractivity contribution in [2.45, 2.75) is 6.42 Å². The summed E-state index contributed by atoms with van der Waals surface area (Å²) in [6, 6.07) is 20.1. The first kappa shape index (κ1) is 23.0. The highest BCUT2D eigenvalue weighted by atomic mass is 35.5. The van der Waals surface area contributed by atoms with Crippen molar-refractivity contribution < 1.29 is 4.74 Å². The first-order valence-electron chi connectivity index (χ1n) is 10.9. The van der Waals surface area contributed by atoms with Gasteiger partial charge in [-0.1, -0.05) is 53.5 Å². The zero-order valence-electron chi connectivity index (χ0n) is 18.8. The fourth-order valence-electron chi connectivity index (χ4n) is 4.09. The minimum atomic E-state index is -0.387. The minimum absolute atomic E-state index is 0.355. The number of nitrogens with zero attached hydrogens (tertiary/aromatic N) is 3. The third kappa shape index (κ3) is 4.24. The van der Waals surface area contributed by atoms with Crippen molar-refractivity contribution in [1.82, 2.24) is 14.5 Å². The molecule has 3 N–H and O–H groups in total. The molecule has 0 bridgehead atoms. The Hall–Kier alpha value is -3.81. The van der Waals surface area contributed by atoms with Crippen molar-refractivity contribution in [1.29, 1.82) is 0 Å². The largest absolute Gasteiger partial charge is 0.496 e. The second-order valence-corrected chi connectivity index (χ2v) is 8.72. The number of hydrogen-bond donors (Lipinski definition) is 2. The number of aromatic nitrogens is 3. The number of nitrogen functional groups attached to an aromatic ring is 1. The number of anilines is 2. The van der Waals surface area contributed by atoms with Gasteiger partial charge in [-0.15, -0.1) is 0 Å². The van der Waals surface area contributed by atoms with E-state index in [0.717, 1.165) is 11.3 Å². The maximum Gasteiger partial charge on any atom is 0.279 e. The fourth-order valence-corrected chi connectivity index (χ4v) is 4.39. The maximum absolute atomic E-state index is 13.0. The first-order valence-corrected chi connectivity index (χ1v) is 11.7. The van der Waals surface area contributed by atoms with Gasteiger partial charge in [0.05, 0.1) is 33.7 Å². The van der Waals surface area contributed by atoms with Gasteiger partial charge in [-0.3, -0.25) is 9.36 Å². The van der Waals surface area contributed by atoms with Crippen molar-refractivity contribution in [3.63, 3.8) is 0 Å². The van der Waals surface area contributed by atoms with E-state index in [4.69, 9.17) is 38.7 Å². The number of rotatable bonds is 6. The molecule has 0 spiro atoms. The maximum atomic E-state index is 13.0. The molecule has 2 heterocycles. The number of fused-ring (bicyclic) bond motifs is 2. The van der Waals surface area contributed by atoms with Crippen molar-refractivity contribution in [2.75, 3.05) is 24.7 Å². The van der Waals surface area contributed by atoms with Gasteiger partial charge >= 0.3 is 0 Å². The molecule has 0 saturated heterocycles. The Morgan fingerprint density at radius 1 is 1.00 bits per heavy atom. The Morgan fingerprint density at radius 2 is 1.77 bits per heavy atom. The van der Waals surface area contributed by atoms with Crippen LogP contribution in [0.2, 0.25) is 10.0 Å². The number of hydrogen-bond acceptors (Lipinski definition) is 6. The molecule has 0 aliphatic carbocycles. The molecule has 0 atom stereocenters. The van der Waals surface area contributed by atoms with Crippen LogP contribution in [0, 0.1) is 0 Å². The standard InChI is InChI=1S/C26H21Cl2N5O2/c1-35-21-9-5-2-6-15(21)12-13-30-22-23-25(31-20-8-4-3-7-17(20)26(34)32-23)33(24(22)29)16-10-11-18(27)19(28)14-16/h2-11,14,30H,12-13,29H2,1H3. The molecule has 0 aliphatic heterocycles. The van der Waals surface area contributed by atoms with E-state index in [0.29, 0.717) is 62.3 Å². The highest BCUT2D eigenvalue weighted by Crippen LogP contribution is 2.35. The Labute approximate surface area is 211 Å². The smallest absolute Gasteiger partial charge is 0.279 e. The number of nitrogens with one attached hydrogen (secondary N) is 1. The third-order valence-electron chi connectivity index (χ3n) is 5.78. The normalized spacial score (nSPS) is 11.2. The molecule has 5 aromatic rings. The first-order chi connectivity index (χ1) is 17.0. The lowest BCUT2D eigenvalue weighted by Gasteiger charge is -2.11. The lowest BCUT2D eigenvalue weighted by atomic mass is 10.1. The Morgan fingerprint density at radius 3 is 2.57 bits per heavy atom. The number of halogens is 2. The lowest BCUT2D eigenvalue weighted by Crippen LogP contribution is -2.09. The Balaban J connectivity index is 1.68. The molecule has 0 amide bonds. The summed E-state index contributed by atoms with van der Waals surface area (Å²) in [5.41, 5.74) is 9.76. The van der Waals surface area contributed by atoms with Gasteiger partial charge in [0, 0.05) is 6.54 Å². The summed E-state index contributed by atoms with van der Waals surface area (Å²) in [6.07, 6.45) is 0.668. The van der Waals surface area contributed by atoms with Crippen molar-refractivity contribution in [3.8, 4) is 11.4 Å². The predicted molar refractivity (Wildman–Crippen MR) is 142 cm³/mol. The number of nitrogens with two attached hydrogens (primary N) is 1. The van der Waals surface area contributed by atoms with E-state index in [2.05, 4.69) is 10.3 Å². The van der Waals surface area contributed by atoms with Gasteiger partial charge in [0.1, 0.15) is 22.8 Å². The van der Waals surface area contributed by atoms with Gasteiger partial charge in [-0.25, -0.2) is 9.97 Å². The topological polar surface area (TPSA) is 95.1 Å². The molecule has 0 aliphatic rings. The van der Waals surface area contributed by atoms with Crippen LogP contribution in [0.3, 0.4) is 0 Å². The van der Waals surface area contributed by atoms with Gasteiger partial charge in [-0.2, -0.15) is 0 Å². The Bertz CT molecular complexity index is 1630. The van der Waals surface area contributed by atoms with Crippen molar-refractivity contribution >= 4 is 56.8 Å². The molecule has 5 rings (SSSR count). The zero-order chi connectivity index (χ0) is 24.5. The van der Waals surface area contributed by atoms with E-state index >= 15 is 0 Å². The summed E-state index contributed by atoms with van der Waals surface area (Å²) < 4.78 is 7.18. The van der Waals surface area contributed by atoms with E-state index in [-0.39, 0.29) is 5.56 Å². The lowest BCUT2D eigenvalue weighted by molar-refractivity contribution is 0.410. The quantitative estimate of drug-likeness (QED) is 0.317. The third-order valence-corrected chi connectivity index (χ3v) is 6.52. The van der Waals surface area contributed by atoms with Crippen LogP contribution in [0.15, 0.2) is 71.5 Å². The average molecular weight is 506 g/mol. The summed E-state index contributed by atoms with van der Waals surface area (Å²) in [6.45, 7) is 0.527. The summed E-state index contributed by atoms with van der Waals surface area (Å²) in [4.78, 5) is 22.2. The molecule has 35 heavy (non-hydrogen) atoms. The van der Waals surface area contributed by atoms with Crippen LogP contribution in [0.5, 0.6) is 5.75 Å². The molecule has 0 saturated carbocycles. The number of para-hydroxylation sites is 2. The van der Waals surface area contributed by atoms with Crippen LogP contribution in [0.25, 0.3) is 27.8 Å². The molecular formula is C26H21Cl2N5O2. The average Bonchev–Trinajstić information content (AvgIpc) is 3.02. The molecular weight excluding hydrogens is 485 g/mol. The summed E-state index contributed by atoms with van der Waals surface area (Å²) in [5.74, 6) is 1.16. The van der Waals surface area contributed by atoms with E-state index in [9.17, 15) is 4.79 Å². The van der Waals surface area contributed by atoms with Crippen LogP contribution in [-0.2, 0) is 6.42 Å². The molecule has 9 heteroatoms. The SMILES string of the molecule is COc1ccccc1CCNc1c(N)n(-c2ccc(Cl)c(Cl)c2)c2nc3ccccc3c(=O)nc12. The summed E-state index contributed by atoms with van der Waals surface area (Å²) in [7, 11) is 1.64. The van der Waals surface area contributed by atoms with Crippen LogP contribution >= 0.6 is 23.2 Å². The molecule has 0 unspecified atom stereocenters.